The third-order valence-corrected chi connectivity index (χ3v) is 4.07. The molecule has 0 amide bonds. The molecule has 3 nitrogen and oxygen atoms in total. The molecule has 1 heterocycles. The van der Waals surface area contributed by atoms with Crippen molar-refractivity contribution >= 4 is 17.0 Å². The summed E-state index contributed by atoms with van der Waals surface area (Å²) in [4.78, 5) is 6.74. The molecule has 1 aromatic heterocycles. The van der Waals surface area contributed by atoms with Gasteiger partial charge in [0.05, 0.1) is 17.2 Å². The van der Waals surface area contributed by atoms with Crippen molar-refractivity contribution in [3.05, 3.63) is 45.4 Å². The zero-order valence-electron chi connectivity index (χ0n) is 11.8. The molecule has 0 radical (unpaired) electrons. The fraction of sp³-hybridized carbons (Fsp3) is 0.400. The predicted octanol–water partition coefficient (Wildman–Crippen LogP) is 2.90. The summed E-state index contributed by atoms with van der Waals surface area (Å²) in [5.74, 6) is 0. The number of hydrogen-bond donors (Lipinski definition) is 1. The van der Waals surface area contributed by atoms with Gasteiger partial charge in [-0.3, -0.25) is 0 Å². The molecule has 4 heteroatoms. The number of anilines is 1. The molecule has 0 fully saturated rings. The number of aryl methyl sites for hydroxylation is 2. The van der Waals surface area contributed by atoms with Crippen molar-refractivity contribution in [2.75, 3.05) is 18.5 Å². The van der Waals surface area contributed by atoms with Crippen LogP contribution in [0.2, 0.25) is 0 Å². The summed E-state index contributed by atoms with van der Waals surface area (Å²) in [5.41, 5.74) is 10.6. The third-order valence-electron chi connectivity index (χ3n) is 3.25. The molecule has 0 aliphatic rings. The number of thiazole rings is 1. The van der Waals surface area contributed by atoms with Crippen molar-refractivity contribution in [1.82, 2.24) is 4.98 Å². The average Bonchev–Trinajstić information content (AvgIpc) is 2.77. The Morgan fingerprint density at radius 2 is 2.11 bits per heavy atom. The number of nitrogens with zero attached hydrogens (tertiary/aromatic N) is 2. The van der Waals surface area contributed by atoms with Crippen LogP contribution in [0.25, 0.3) is 0 Å². The lowest BCUT2D eigenvalue weighted by molar-refractivity contribution is 0.886. The van der Waals surface area contributed by atoms with Gasteiger partial charge in [0, 0.05) is 18.1 Å². The lowest BCUT2D eigenvalue weighted by Crippen LogP contribution is -2.17. The monoisotopic (exact) mass is 275 g/mol. The fourth-order valence-corrected chi connectivity index (χ4v) is 2.77. The molecule has 0 aliphatic heterocycles. The highest BCUT2D eigenvalue weighted by atomic mass is 32.1. The second kappa shape index (κ2) is 6.17. The van der Waals surface area contributed by atoms with Gasteiger partial charge in [0.25, 0.3) is 0 Å². The SMILES string of the molecule is Cc1nc(CN(C)c2ccc(CCN)c(C)c2)cs1. The zero-order valence-corrected chi connectivity index (χ0v) is 12.6. The quantitative estimate of drug-likeness (QED) is 0.912. The van der Waals surface area contributed by atoms with Crippen LogP contribution >= 0.6 is 11.3 Å². The van der Waals surface area contributed by atoms with E-state index in [9.17, 15) is 0 Å². The van der Waals surface area contributed by atoms with Crippen LogP contribution in [0.3, 0.4) is 0 Å². The normalized spacial score (nSPS) is 10.7. The molecule has 19 heavy (non-hydrogen) atoms. The molecular weight excluding hydrogens is 254 g/mol. The molecule has 0 bridgehead atoms. The lowest BCUT2D eigenvalue weighted by Gasteiger charge is -2.19. The Bertz CT molecular complexity index is 548. The topological polar surface area (TPSA) is 42.2 Å². The average molecular weight is 275 g/mol. The Morgan fingerprint density at radius 1 is 1.32 bits per heavy atom. The first-order valence-corrected chi connectivity index (χ1v) is 7.40. The largest absolute Gasteiger partial charge is 0.369 e. The van der Waals surface area contributed by atoms with Crippen molar-refractivity contribution in [1.29, 1.82) is 0 Å². The van der Waals surface area contributed by atoms with E-state index < -0.39 is 0 Å². The van der Waals surface area contributed by atoms with E-state index in [1.54, 1.807) is 11.3 Å². The number of hydrogen-bond acceptors (Lipinski definition) is 4. The van der Waals surface area contributed by atoms with Crippen LogP contribution in [0.4, 0.5) is 5.69 Å². The summed E-state index contributed by atoms with van der Waals surface area (Å²) in [6, 6.07) is 6.57. The predicted molar refractivity (Wildman–Crippen MR) is 82.9 cm³/mol. The van der Waals surface area contributed by atoms with Crippen LogP contribution < -0.4 is 10.6 Å². The Morgan fingerprint density at radius 3 is 2.68 bits per heavy atom. The Hall–Kier alpha value is -1.39. The highest BCUT2D eigenvalue weighted by Crippen LogP contribution is 2.20. The van der Waals surface area contributed by atoms with Gasteiger partial charge < -0.3 is 10.6 Å². The van der Waals surface area contributed by atoms with Gasteiger partial charge in [0.1, 0.15) is 0 Å². The smallest absolute Gasteiger partial charge is 0.0898 e. The van der Waals surface area contributed by atoms with Gasteiger partial charge in [-0.25, -0.2) is 4.98 Å². The van der Waals surface area contributed by atoms with E-state index in [0.29, 0.717) is 6.54 Å². The van der Waals surface area contributed by atoms with Crippen LogP contribution in [-0.2, 0) is 13.0 Å². The highest BCUT2D eigenvalue weighted by Gasteiger charge is 2.06. The van der Waals surface area contributed by atoms with E-state index in [2.05, 4.69) is 47.4 Å². The first-order chi connectivity index (χ1) is 9.10. The molecule has 0 unspecified atom stereocenters. The van der Waals surface area contributed by atoms with Crippen LogP contribution in [0.1, 0.15) is 21.8 Å². The summed E-state index contributed by atoms with van der Waals surface area (Å²) in [5, 5.41) is 3.25. The first kappa shape index (κ1) is 14.0. The summed E-state index contributed by atoms with van der Waals surface area (Å²) in [6.45, 7) is 5.74. The van der Waals surface area contributed by atoms with Gasteiger partial charge in [-0.2, -0.15) is 0 Å². The molecule has 1 aromatic carbocycles. The van der Waals surface area contributed by atoms with E-state index >= 15 is 0 Å². The van der Waals surface area contributed by atoms with Gasteiger partial charge in [-0.1, -0.05) is 6.07 Å². The van der Waals surface area contributed by atoms with Crippen molar-refractivity contribution in [2.24, 2.45) is 5.73 Å². The molecule has 102 valence electrons. The lowest BCUT2D eigenvalue weighted by atomic mass is 10.0. The first-order valence-electron chi connectivity index (χ1n) is 6.52. The van der Waals surface area contributed by atoms with Gasteiger partial charge in [-0.05, 0) is 50.1 Å². The maximum Gasteiger partial charge on any atom is 0.0898 e. The van der Waals surface area contributed by atoms with Gasteiger partial charge in [0.2, 0.25) is 0 Å². The minimum absolute atomic E-state index is 0.703. The number of aromatic nitrogens is 1. The van der Waals surface area contributed by atoms with Crippen molar-refractivity contribution in [2.45, 2.75) is 26.8 Å². The molecule has 0 saturated carbocycles. The summed E-state index contributed by atoms with van der Waals surface area (Å²) < 4.78 is 0. The molecule has 0 spiro atoms. The molecular formula is C15H21N3S. The minimum atomic E-state index is 0.703. The molecule has 0 atom stereocenters. The van der Waals surface area contributed by atoms with Crippen molar-refractivity contribution in [3.63, 3.8) is 0 Å². The molecule has 0 aliphatic carbocycles. The zero-order chi connectivity index (χ0) is 13.8. The van der Waals surface area contributed by atoms with Gasteiger partial charge in [-0.15, -0.1) is 11.3 Å². The summed E-state index contributed by atoms with van der Waals surface area (Å²) in [6.07, 6.45) is 0.946. The Balaban J connectivity index is 2.10. The van der Waals surface area contributed by atoms with E-state index in [1.165, 1.54) is 16.8 Å². The second-order valence-electron chi connectivity index (χ2n) is 4.86. The molecule has 2 rings (SSSR count). The maximum absolute atomic E-state index is 5.61. The van der Waals surface area contributed by atoms with Crippen molar-refractivity contribution in [3.8, 4) is 0 Å². The van der Waals surface area contributed by atoms with Crippen LogP contribution in [0.5, 0.6) is 0 Å². The molecule has 2 N–H and O–H groups in total. The van der Waals surface area contributed by atoms with Crippen molar-refractivity contribution < 1.29 is 0 Å². The summed E-state index contributed by atoms with van der Waals surface area (Å²) in [7, 11) is 2.10. The van der Waals surface area contributed by atoms with E-state index in [4.69, 9.17) is 5.73 Å². The van der Waals surface area contributed by atoms with Crippen LogP contribution in [0, 0.1) is 13.8 Å². The minimum Gasteiger partial charge on any atom is -0.369 e. The fourth-order valence-electron chi connectivity index (χ4n) is 2.17. The Kier molecular flexibility index (Phi) is 4.56. The van der Waals surface area contributed by atoms with Crippen LogP contribution in [0.15, 0.2) is 23.6 Å². The standard InChI is InChI=1S/C15H21N3S/c1-11-8-15(5-4-13(11)6-7-16)18(3)9-14-10-19-12(2)17-14/h4-5,8,10H,6-7,9,16H2,1-3H3. The summed E-state index contributed by atoms with van der Waals surface area (Å²) >= 11 is 1.70. The number of nitrogens with two attached hydrogens (primary N) is 1. The highest BCUT2D eigenvalue weighted by molar-refractivity contribution is 7.09. The number of benzene rings is 1. The van der Waals surface area contributed by atoms with E-state index in [1.807, 2.05) is 6.92 Å². The van der Waals surface area contributed by atoms with Gasteiger partial charge >= 0.3 is 0 Å². The Labute approximate surface area is 119 Å². The maximum atomic E-state index is 5.61. The third kappa shape index (κ3) is 3.55. The van der Waals surface area contributed by atoms with Gasteiger partial charge in [0.15, 0.2) is 0 Å². The number of rotatable bonds is 5. The van der Waals surface area contributed by atoms with E-state index in [0.717, 1.165) is 23.7 Å². The van der Waals surface area contributed by atoms with E-state index in [-0.39, 0.29) is 0 Å². The second-order valence-corrected chi connectivity index (χ2v) is 5.93. The molecule has 0 saturated heterocycles. The molecule has 2 aromatic rings. The van der Waals surface area contributed by atoms with Crippen LogP contribution in [-0.4, -0.2) is 18.6 Å².